The second kappa shape index (κ2) is 15.5. The molecular formula is C23H32O13. The zero-order valence-corrected chi connectivity index (χ0v) is 20.6. The van der Waals surface area contributed by atoms with Crippen LogP contribution in [0.15, 0.2) is 12.2 Å². The Bertz CT molecular complexity index is 834. The van der Waals surface area contributed by atoms with Crippen molar-refractivity contribution < 1.29 is 62.3 Å². The predicted octanol–water partition coefficient (Wildman–Crippen LogP) is 0.856. The second-order valence-corrected chi connectivity index (χ2v) is 7.48. The van der Waals surface area contributed by atoms with Crippen molar-refractivity contribution in [3.05, 3.63) is 12.2 Å². The molecule has 1 saturated heterocycles. The van der Waals surface area contributed by atoms with Crippen LogP contribution in [0.1, 0.15) is 53.4 Å². The highest BCUT2D eigenvalue weighted by Crippen LogP contribution is 2.30. The number of hydrogen-bond acceptors (Lipinski definition) is 12. The van der Waals surface area contributed by atoms with Crippen LogP contribution in [0, 0.1) is 0 Å². The summed E-state index contributed by atoms with van der Waals surface area (Å²) in [5.74, 6) is -5.08. The number of carbonyl (C=O) groups excluding carboxylic acids is 5. The highest BCUT2D eigenvalue weighted by molar-refractivity contribution is 5.90. The van der Waals surface area contributed by atoms with Gasteiger partial charge in [0.15, 0.2) is 18.3 Å². The van der Waals surface area contributed by atoms with Crippen molar-refractivity contribution in [1.29, 1.82) is 0 Å². The van der Waals surface area contributed by atoms with Gasteiger partial charge in [0.25, 0.3) is 0 Å². The minimum Gasteiger partial charge on any atom is -0.478 e. The van der Waals surface area contributed by atoms with Gasteiger partial charge in [-0.1, -0.05) is 27.7 Å². The first-order valence-corrected chi connectivity index (χ1v) is 11.5. The zero-order chi connectivity index (χ0) is 27.3. The molecule has 0 aromatic heterocycles. The van der Waals surface area contributed by atoms with E-state index < -0.39 is 79.5 Å². The third-order valence-corrected chi connectivity index (χ3v) is 4.85. The van der Waals surface area contributed by atoms with E-state index in [-0.39, 0.29) is 25.7 Å². The van der Waals surface area contributed by atoms with Gasteiger partial charge in [-0.2, -0.15) is 0 Å². The maximum atomic E-state index is 12.2. The summed E-state index contributed by atoms with van der Waals surface area (Å²) < 4.78 is 32.4. The summed E-state index contributed by atoms with van der Waals surface area (Å²) >= 11 is 0. The Morgan fingerprint density at radius 1 is 0.639 bits per heavy atom. The Morgan fingerprint density at radius 3 is 1.47 bits per heavy atom. The van der Waals surface area contributed by atoms with Gasteiger partial charge in [-0.25, -0.2) is 9.59 Å². The van der Waals surface area contributed by atoms with Crippen molar-refractivity contribution in [2.24, 2.45) is 0 Å². The summed E-state index contributed by atoms with van der Waals surface area (Å²) in [6.07, 6.45) is -5.40. The van der Waals surface area contributed by atoms with Gasteiger partial charge in [0.2, 0.25) is 0 Å². The summed E-state index contributed by atoms with van der Waals surface area (Å²) in [4.78, 5) is 70.9. The van der Waals surface area contributed by atoms with Crippen LogP contribution in [0.5, 0.6) is 0 Å². The molecule has 1 N–H and O–H groups in total. The highest BCUT2D eigenvalue weighted by atomic mass is 16.7. The normalized spacial score (nSPS) is 23.4. The quantitative estimate of drug-likeness (QED) is 0.207. The van der Waals surface area contributed by atoms with Crippen molar-refractivity contribution in [2.75, 3.05) is 13.2 Å². The molecule has 1 aliphatic heterocycles. The molecule has 13 nitrogen and oxygen atoms in total. The number of carboxylic acid groups (broad SMARTS) is 1. The maximum absolute atomic E-state index is 12.2. The first kappa shape index (κ1) is 30.6. The molecule has 0 saturated carbocycles. The van der Waals surface area contributed by atoms with Crippen LogP contribution in [-0.2, 0) is 57.2 Å². The molecule has 0 spiro atoms. The standard InChI is InChI=1S/C23H32O13/c1-5-16(26)31-11-13-21(34-17(27)6-2)23(36-19(29)8-4)22(35-18(28)7-3)14(33-13)12-32-20(30)10-9-15(24)25/h9-10,13-14,21-23H,5-8,11-12H2,1-4H3,(H,24,25)/b10-9+/t13-,14-,21-,22+,23+/m1/s1. The molecule has 0 aliphatic carbocycles. The van der Waals surface area contributed by atoms with Crippen molar-refractivity contribution in [3.8, 4) is 0 Å². The average molecular weight is 516 g/mol. The van der Waals surface area contributed by atoms with Gasteiger partial charge in [-0.05, 0) is 0 Å². The smallest absolute Gasteiger partial charge is 0.331 e. The zero-order valence-electron chi connectivity index (χ0n) is 20.6. The first-order valence-electron chi connectivity index (χ1n) is 11.5. The van der Waals surface area contributed by atoms with E-state index in [0.29, 0.717) is 12.2 Å². The van der Waals surface area contributed by atoms with Crippen LogP contribution < -0.4 is 0 Å². The molecule has 36 heavy (non-hydrogen) atoms. The third kappa shape index (κ3) is 10.0. The van der Waals surface area contributed by atoms with E-state index in [4.69, 9.17) is 33.5 Å². The molecule has 0 unspecified atom stereocenters. The molecule has 1 aliphatic rings. The minimum absolute atomic E-state index is 0.0389. The SMILES string of the molecule is CCC(=O)OC[C@H]1O[C@H](COC(=O)/C=C/C(=O)O)[C@H](OC(=O)CC)[C@@H](OC(=O)CC)[C@@H]1OC(=O)CC. The lowest BCUT2D eigenvalue weighted by atomic mass is 9.94. The van der Waals surface area contributed by atoms with Gasteiger partial charge in [-0.15, -0.1) is 0 Å². The topological polar surface area (TPSA) is 178 Å². The van der Waals surface area contributed by atoms with Crippen molar-refractivity contribution in [3.63, 3.8) is 0 Å². The summed E-state index contributed by atoms with van der Waals surface area (Å²) in [5.41, 5.74) is 0. The Morgan fingerprint density at radius 2 is 1.06 bits per heavy atom. The number of hydrogen-bond donors (Lipinski definition) is 1. The number of carboxylic acids is 1. The van der Waals surface area contributed by atoms with E-state index >= 15 is 0 Å². The molecule has 0 bridgehead atoms. The first-order chi connectivity index (χ1) is 17.1. The molecule has 0 amide bonds. The molecule has 5 atom stereocenters. The number of ether oxygens (including phenoxy) is 6. The molecule has 13 heteroatoms. The van der Waals surface area contributed by atoms with Gasteiger partial charge in [0.1, 0.15) is 25.4 Å². The lowest BCUT2D eigenvalue weighted by Gasteiger charge is -2.44. The van der Waals surface area contributed by atoms with Crippen molar-refractivity contribution in [1.82, 2.24) is 0 Å². The van der Waals surface area contributed by atoms with E-state index in [1.807, 2.05) is 0 Å². The molecule has 1 rings (SSSR count). The van der Waals surface area contributed by atoms with Crippen molar-refractivity contribution >= 4 is 35.8 Å². The van der Waals surface area contributed by atoms with Crippen LogP contribution in [0.3, 0.4) is 0 Å². The Kier molecular flexibility index (Phi) is 13.2. The van der Waals surface area contributed by atoms with Crippen molar-refractivity contribution in [2.45, 2.75) is 83.9 Å². The molecule has 202 valence electrons. The monoisotopic (exact) mass is 516 g/mol. The van der Waals surface area contributed by atoms with Crippen LogP contribution in [0.4, 0.5) is 0 Å². The lowest BCUT2D eigenvalue weighted by Crippen LogP contribution is -2.63. The van der Waals surface area contributed by atoms with E-state index in [1.165, 1.54) is 20.8 Å². The summed E-state index contributed by atoms with van der Waals surface area (Å²) in [7, 11) is 0. The van der Waals surface area contributed by atoms with Crippen LogP contribution in [-0.4, -0.2) is 84.7 Å². The Labute approximate surface area is 208 Å². The number of esters is 5. The average Bonchev–Trinajstić information content (AvgIpc) is 2.86. The van der Waals surface area contributed by atoms with Crippen LogP contribution in [0.2, 0.25) is 0 Å². The fourth-order valence-corrected chi connectivity index (χ4v) is 3.01. The minimum atomic E-state index is -1.39. The molecule has 0 aromatic rings. The summed E-state index contributed by atoms with van der Waals surface area (Å²) in [6.45, 7) is 5.18. The van der Waals surface area contributed by atoms with Crippen LogP contribution >= 0.6 is 0 Å². The van der Waals surface area contributed by atoms with Gasteiger partial charge >= 0.3 is 35.8 Å². The largest absolute Gasteiger partial charge is 0.478 e. The molecule has 0 aromatic carbocycles. The molecular weight excluding hydrogens is 484 g/mol. The van der Waals surface area contributed by atoms with Gasteiger partial charge in [0.05, 0.1) is 0 Å². The lowest BCUT2D eigenvalue weighted by molar-refractivity contribution is -0.259. The van der Waals surface area contributed by atoms with E-state index in [2.05, 4.69) is 0 Å². The van der Waals surface area contributed by atoms with E-state index in [9.17, 15) is 28.8 Å². The Hall–Kier alpha value is -3.48. The van der Waals surface area contributed by atoms with Crippen LogP contribution in [0.25, 0.3) is 0 Å². The van der Waals surface area contributed by atoms with E-state index in [1.54, 1.807) is 6.92 Å². The fourth-order valence-electron chi connectivity index (χ4n) is 3.01. The summed E-state index contributed by atoms with van der Waals surface area (Å²) in [5, 5.41) is 8.66. The van der Waals surface area contributed by atoms with Gasteiger partial charge in [0, 0.05) is 37.8 Å². The predicted molar refractivity (Wildman–Crippen MR) is 118 cm³/mol. The Balaban J connectivity index is 3.38. The molecule has 1 heterocycles. The fraction of sp³-hybridized carbons (Fsp3) is 0.652. The molecule has 0 radical (unpaired) electrons. The molecule has 1 fully saturated rings. The number of carbonyl (C=O) groups is 6. The maximum Gasteiger partial charge on any atom is 0.331 e. The van der Waals surface area contributed by atoms with Gasteiger partial charge < -0.3 is 33.5 Å². The third-order valence-electron chi connectivity index (χ3n) is 4.85. The number of rotatable bonds is 13. The van der Waals surface area contributed by atoms with Gasteiger partial charge in [-0.3, -0.25) is 19.2 Å². The van der Waals surface area contributed by atoms with E-state index in [0.717, 1.165) is 0 Å². The second-order valence-electron chi connectivity index (χ2n) is 7.48. The highest BCUT2D eigenvalue weighted by Gasteiger charge is 2.52. The number of aliphatic carboxylic acids is 1. The summed E-state index contributed by atoms with van der Waals surface area (Å²) in [6, 6.07) is 0.